The summed E-state index contributed by atoms with van der Waals surface area (Å²) in [6, 6.07) is 3.54. The summed E-state index contributed by atoms with van der Waals surface area (Å²) in [5.41, 5.74) is 2.67. The molecule has 74 valence electrons. The molecule has 0 unspecified atom stereocenters. The predicted octanol–water partition coefficient (Wildman–Crippen LogP) is 1.56. The Morgan fingerprint density at radius 1 is 1.64 bits per heavy atom. The molecule has 1 rings (SSSR count). The SMILES string of the molecule is COc1cccnc1N/N=C/C=CO. The van der Waals surface area contributed by atoms with Crippen LogP contribution in [-0.2, 0) is 0 Å². The van der Waals surface area contributed by atoms with E-state index in [1.165, 1.54) is 12.3 Å². The highest BCUT2D eigenvalue weighted by Gasteiger charge is 1.99. The maximum atomic E-state index is 8.32. The largest absolute Gasteiger partial charge is 0.516 e. The summed E-state index contributed by atoms with van der Waals surface area (Å²) in [7, 11) is 1.56. The van der Waals surface area contributed by atoms with Gasteiger partial charge in [-0.1, -0.05) is 0 Å². The van der Waals surface area contributed by atoms with Gasteiger partial charge in [-0.3, -0.25) is 5.43 Å². The Bertz CT molecular complexity index is 337. The number of pyridine rings is 1. The molecule has 0 saturated heterocycles. The van der Waals surface area contributed by atoms with Gasteiger partial charge in [-0.25, -0.2) is 4.98 Å². The van der Waals surface area contributed by atoms with E-state index < -0.39 is 0 Å². The summed E-state index contributed by atoms with van der Waals surface area (Å²) >= 11 is 0. The number of aliphatic hydroxyl groups excluding tert-OH is 1. The second-order valence-corrected chi connectivity index (χ2v) is 2.29. The molecule has 0 saturated carbocycles. The molecule has 0 fully saturated rings. The smallest absolute Gasteiger partial charge is 0.189 e. The van der Waals surface area contributed by atoms with Crippen LogP contribution in [0.3, 0.4) is 0 Å². The quantitative estimate of drug-likeness (QED) is 0.432. The lowest BCUT2D eigenvalue weighted by Crippen LogP contribution is -1.95. The van der Waals surface area contributed by atoms with Crippen molar-refractivity contribution >= 4 is 12.0 Å². The van der Waals surface area contributed by atoms with Crippen LogP contribution in [0, 0.1) is 0 Å². The van der Waals surface area contributed by atoms with Gasteiger partial charge in [-0.2, -0.15) is 5.10 Å². The molecule has 0 atom stereocenters. The molecule has 5 heteroatoms. The first-order valence-electron chi connectivity index (χ1n) is 3.96. The number of allylic oxidation sites excluding steroid dienone is 1. The van der Waals surface area contributed by atoms with E-state index in [0.717, 1.165) is 6.26 Å². The number of rotatable bonds is 4. The Kier molecular flexibility index (Phi) is 4.00. The number of ether oxygens (including phenoxy) is 1. The lowest BCUT2D eigenvalue weighted by atomic mass is 10.4. The number of hydrazone groups is 1. The first-order valence-corrected chi connectivity index (χ1v) is 3.96. The van der Waals surface area contributed by atoms with Gasteiger partial charge in [0.2, 0.25) is 0 Å². The normalized spacial score (nSPS) is 10.9. The second-order valence-electron chi connectivity index (χ2n) is 2.29. The fourth-order valence-corrected chi connectivity index (χ4v) is 0.819. The van der Waals surface area contributed by atoms with Crippen molar-refractivity contribution in [1.29, 1.82) is 0 Å². The third-order valence-electron chi connectivity index (χ3n) is 1.41. The maximum Gasteiger partial charge on any atom is 0.189 e. The molecule has 1 aromatic rings. The van der Waals surface area contributed by atoms with Gasteiger partial charge in [0.15, 0.2) is 11.6 Å². The number of hydrogen-bond donors (Lipinski definition) is 2. The van der Waals surface area contributed by atoms with Crippen molar-refractivity contribution in [2.45, 2.75) is 0 Å². The van der Waals surface area contributed by atoms with E-state index in [1.54, 1.807) is 25.4 Å². The Labute approximate surface area is 81.7 Å². The summed E-state index contributed by atoms with van der Waals surface area (Å²) in [5.74, 6) is 1.13. The average molecular weight is 193 g/mol. The highest BCUT2D eigenvalue weighted by Crippen LogP contribution is 2.19. The van der Waals surface area contributed by atoms with Gasteiger partial charge in [-0.05, 0) is 18.2 Å². The molecule has 1 heterocycles. The van der Waals surface area contributed by atoms with E-state index in [4.69, 9.17) is 9.84 Å². The molecule has 14 heavy (non-hydrogen) atoms. The number of methoxy groups -OCH3 is 1. The fraction of sp³-hybridized carbons (Fsp3) is 0.111. The number of aromatic nitrogens is 1. The summed E-state index contributed by atoms with van der Waals surface area (Å²) in [4.78, 5) is 4.01. The lowest BCUT2D eigenvalue weighted by Gasteiger charge is -2.04. The number of hydrogen-bond acceptors (Lipinski definition) is 5. The minimum absolute atomic E-state index is 0.526. The van der Waals surface area contributed by atoms with Crippen LogP contribution < -0.4 is 10.2 Å². The van der Waals surface area contributed by atoms with Gasteiger partial charge >= 0.3 is 0 Å². The summed E-state index contributed by atoms with van der Waals surface area (Å²) < 4.78 is 5.04. The molecule has 0 radical (unpaired) electrons. The van der Waals surface area contributed by atoms with Crippen molar-refractivity contribution in [3.8, 4) is 5.75 Å². The molecule has 0 spiro atoms. The molecule has 0 aliphatic rings. The lowest BCUT2D eigenvalue weighted by molar-refractivity contribution is 0.415. The van der Waals surface area contributed by atoms with Gasteiger partial charge in [0.25, 0.3) is 0 Å². The molecule has 0 amide bonds. The van der Waals surface area contributed by atoms with Crippen molar-refractivity contribution in [1.82, 2.24) is 4.98 Å². The number of nitrogens with zero attached hydrogens (tertiary/aromatic N) is 2. The molecule has 0 bridgehead atoms. The minimum atomic E-state index is 0.526. The van der Waals surface area contributed by atoms with Gasteiger partial charge < -0.3 is 9.84 Å². The van der Waals surface area contributed by atoms with Crippen molar-refractivity contribution in [2.75, 3.05) is 12.5 Å². The third kappa shape index (κ3) is 2.78. The van der Waals surface area contributed by atoms with Crippen molar-refractivity contribution in [3.05, 3.63) is 30.7 Å². The second kappa shape index (κ2) is 5.58. The summed E-state index contributed by atoms with van der Waals surface area (Å²) in [6.07, 6.45) is 5.29. The van der Waals surface area contributed by atoms with Crippen LogP contribution in [0.25, 0.3) is 0 Å². The van der Waals surface area contributed by atoms with E-state index in [-0.39, 0.29) is 0 Å². The zero-order chi connectivity index (χ0) is 10.2. The highest BCUT2D eigenvalue weighted by atomic mass is 16.5. The Balaban J connectivity index is 2.66. The molecule has 2 N–H and O–H groups in total. The van der Waals surface area contributed by atoms with Gasteiger partial charge in [0.1, 0.15) is 0 Å². The third-order valence-corrected chi connectivity index (χ3v) is 1.41. The van der Waals surface area contributed by atoms with Gasteiger partial charge in [0.05, 0.1) is 19.6 Å². The first-order chi connectivity index (χ1) is 6.88. The highest BCUT2D eigenvalue weighted by molar-refractivity contribution is 5.71. The van der Waals surface area contributed by atoms with Crippen molar-refractivity contribution in [2.24, 2.45) is 5.10 Å². The molecule has 1 aromatic heterocycles. The monoisotopic (exact) mass is 193 g/mol. The Morgan fingerprint density at radius 3 is 3.21 bits per heavy atom. The molecule has 0 aliphatic carbocycles. The summed E-state index contributed by atoms with van der Waals surface area (Å²) in [5, 5.41) is 12.1. The standard InChI is InChI=1S/C9H11N3O2/c1-14-8-4-2-5-10-9(8)12-11-6-3-7-13/h2-7,13H,1H3,(H,10,12)/b7-3?,11-6+. The van der Waals surface area contributed by atoms with Crippen LogP contribution in [0.5, 0.6) is 5.75 Å². The van der Waals surface area contributed by atoms with E-state index >= 15 is 0 Å². The Morgan fingerprint density at radius 2 is 2.50 bits per heavy atom. The molecule has 0 aromatic carbocycles. The molecular weight excluding hydrogens is 182 g/mol. The van der Waals surface area contributed by atoms with Crippen LogP contribution in [0.4, 0.5) is 5.82 Å². The van der Waals surface area contributed by atoms with E-state index in [2.05, 4.69) is 15.5 Å². The molecular formula is C9H11N3O2. The van der Waals surface area contributed by atoms with Gasteiger partial charge in [-0.15, -0.1) is 0 Å². The zero-order valence-electron chi connectivity index (χ0n) is 7.71. The van der Waals surface area contributed by atoms with E-state index in [1.807, 2.05) is 0 Å². The van der Waals surface area contributed by atoms with Crippen LogP contribution in [0.1, 0.15) is 0 Å². The number of anilines is 1. The predicted molar refractivity (Wildman–Crippen MR) is 54.7 cm³/mol. The fourth-order valence-electron chi connectivity index (χ4n) is 0.819. The average Bonchev–Trinajstić information content (AvgIpc) is 2.25. The summed E-state index contributed by atoms with van der Waals surface area (Å²) in [6.45, 7) is 0. The number of aliphatic hydroxyl groups is 1. The first kappa shape index (κ1) is 10.0. The van der Waals surface area contributed by atoms with Crippen LogP contribution in [0.15, 0.2) is 35.8 Å². The van der Waals surface area contributed by atoms with Crippen molar-refractivity contribution < 1.29 is 9.84 Å². The Hall–Kier alpha value is -2.04. The van der Waals surface area contributed by atoms with Crippen molar-refractivity contribution in [3.63, 3.8) is 0 Å². The van der Waals surface area contributed by atoms with Crippen LogP contribution in [-0.4, -0.2) is 23.4 Å². The zero-order valence-corrected chi connectivity index (χ0v) is 7.71. The van der Waals surface area contributed by atoms with E-state index in [9.17, 15) is 0 Å². The van der Waals surface area contributed by atoms with Gasteiger partial charge in [0, 0.05) is 6.20 Å². The van der Waals surface area contributed by atoms with Crippen LogP contribution in [0.2, 0.25) is 0 Å². The molecule has 5 nitrogen and oxygen atoms in total. The molecule has 0 aliphatic heterocycles. The van der Waals surface area contributed by atoms with Crippen LogP contribution >= 0.6 is 0 Å². The topological polar surface area (TPSA) is 66.7 Å². The minimum Gasteiger partial charge on any atom is -0.516 e. The number of nitrogens with one attached hydrogen (secondary N) is 1. The maximum absolute atomic E-state index is 8.32. The van der Waals surface area contributed by atoms with E-state index in [0.29, 0.717) is 11.6 Å².